The Bertz CT molecular complexity index is 440. The number of benzene rings is 1. The summed E-state index contributed by atoms with van der Waals surface area (Å²) in [6.07, 6.45) is 1.70. The number of para-hydroxylation sites is 1. The van der Waals surface area contributed by atoms with E-state index in [1.165, 1.54) is 0 Å². The Morgan fingerprint density at radius 1 is 1.32 bits per heavy atom. The first-order valence-corrected chi connectivity index (χ1v) is 6.63. The molecule has 0 bridgehead atoms. The van der Waals surface area contributed by atoms with E-state index in [-0.39, 0.29) is 5.75 Å². The number of ether oxygens (including phenoxy) is 1. The minimum absolute atomic E-state index is 0.155. The van der Waals surface area contributed by atoms with Crippen LogP contribution in [0.25, 0.3) is 0 Å². The maximum atomic E-state index is 10.0. The minimum atomic E-state index is 0.155. The van der Waals surface area contributed by atoms with Crippen LogP contribution in [-0.2, 0) is 0 Å². The Morgan fingerprint density at radius 2 is 2.05 bits per heavy atom. The summed E-state index contributed by atoms with van der Waals surface area (Å²) in [5.74, 6) is 0.659. The van der Waals surface area contributed by atoms with Crippen molar-refractivity contribution in [3.05, 3.63) is 23.8 Å². The fourth-order valence-electron chi connectivity index (χ4n) is 1.97. The third-order valence-electron chi connectivity index (χ3n) is 3.17. The zero-order chi connectivity index (χ0) is 13.7. The molecule has 0 atom stereocenters. The zero-order valence-electron chi connectivity index (χ0n) is 11.5. The van der Waals surface area contributed by atoms with Gasteiger partial charge in [0.05, 0.1) is 12.8 Å². The lowest BCUT2D eigenvalue weighted by Gasteiger charge is -2.30. The van der Waals surface area contributed by atoms with Gasteiger partial charge in [-0.25, -0.2) is 0 Å². The van der Waals surface area contributed by atoms with Crippen LogP contribution < -0.4 is 4.74 Å². The van der Waals surface area contributed by atoms with Gasteiger partial charge in [0, 0.05) is 31.7 Å². The molecule has 1 aliphatic heterocycles. The van der Waals surface area contributed by atoms with Crippen molar-refractivity contribution in [1.82, 2.24) is 9.91 Å². The number of hydrazone groups is 1. The van der Waals surface area contributed by atoms with Crippen LogP contribution in [0.2, 0.25) is 0 Å². The molecule has 0 aliphatic carbocycles. The summed E-state index contributed by atoms with van der Waals surface area (Å²) in [4.78, 5) is 2.28. The molecule has 5 heteroatoms. The first-order chi connectivity index (χ1) is 9.20. The smallest absolute Gasteiger partial charge is 0.166 e. The van der Waals surface area contributed by atoms with Crippen molar-refractivity contribution in [2.45, 2.75) is 6.92 Å². The second kappa shape index (κ2) is 6.43. The average Bonchev–Trinajstić information content (AvgIpc) is 2.42. The molecule has 0 saturated carbocycles. The predicted molar refractivity (Wildman–Crippen MR) is 75.9 cm³/mol. The van der Waals surface area contributed by atoms with Crippen molar-refractivity contribution in [2.24, 2.45) is 5.10 Å². The second-order valence-electron chi connectivity index (χ2n) is 4.63. The van der Waals surface area contributed by atoms with Gasteiger partial charge < -0.3 is 14.7 Å². The van der Waals surface area contributed by atoms with Gasteiger partial charge in [-0.2, -0.15) is 5.10 Å². The van der Waals surface area contributed by atoms with E-state index < -0.39 is 0 Å². The predicted octanol–water partition coefficient (Wildman–Crippen LogP) is 1.37. The number of phenols is 1. The van der Waals surface area contributed by atoms with Gasteiger partial charge in [-0.3, -0.25) is 5.01 Å². The fraction of sp³-hybridized carbons (Fsp3) is 0.500. The first-order valence-electron chi connectivity index (χ1n) is 6.63. The highest BCUT2D eigenvalue weighted by molar-refractivity contribution is 5.84. The Morgan fingerprint density at radius 3 is 2.74 bits per heavy atom. The SMILES string of the molecule is CCOc1cccc(/C=N/N2CCN(C)CC2)c1O. The lowest BCUT2D eigenvalue weighted by Crippen LogP contribution is -2.41. The Hall–Kier alpha value is -1.75. The normalized spacial score (nSPS) is 17.1. The zero-order valence-corrected chi connectivity index (χ0v) is 11.5. The van der Waals surface area contributed by atoms with Crippen LogP contribution >= 0.6 is 0 Å². The summed E-state index contributed by atoms with van der Waals surface area (Å²) in [6, 6.07) is 5.44. The Labute approximate surface area is 114 Å². The van der Waals surface area contributed by atoms with Gasteiger partial charge in [0.1, 0.15) is 0 Å². The van der Waals surface area contributed by atoms with E-state index in [4.69, 9.17) is 4.74 Å². The van der Waals surface area contributed by atoms with E-state index in [1.807, 2.05) is 24.1 Å². The summed E-state index contributed by atoms with van der Waals surface area (Å²) < 4.78 is 5.35. The number of hydrogen-bond acceptors (Lipinski definition) is 5. The van der Waals surface area contributed by atoms with Gasteiger partial charge in [0.15, 0.2) is 11.5 Å². The Balaban J connectivity index is 2.04. The van der Waals surface area contributed by atoms with E-state index in [1.54, 1.807) is 12.3 Å². The largest absolute Gasteiger partial charge is 0.504 e. The lowest BCUT2D eigenvalue weighted by atomic mass is 10.2. The molecular formula is C14H21N3O2. The molecule has 0 radical (unpaired) electrons. The number of nitrogens with zero attached hydrogens (tertiary/aromatic N) is 3. The van der Waals surface area contributed by atoms with Crippen LogP contribution in [0.1, 0.15) is 12.5 Å². The molecule has 5 nitrogen and oxygen atoms in total. The number of rotatable bonds is 4. The Kier molecular flexibility index (Phi) is 4.63. The van der Waals surface area contributed by atoms with Crippen LogP contribution in [0.15, 0.2) is 23.3 Å². The topological polar surface area (TPSA) is 48.3 Å². The quantitative estimate of drug-likeness (QED) is 0.834. The molecule has 1 aliphatic rings. The van der Waals surface area contributed by atoms with Crippen molar-refractivity contribution in [1.29, 1.82) is 0 Å². The first kappa shape index (κ1) is 13.7. The molecule has 0 aromatic heterocycles. The van der Waals surface area contributed by atoms with Crippen LogP contribution in [0.3, 0.4) is 0 Å². The molecule has 1 saturated heterocycles. The van der Waals surface area contributed by atoms with Crippen LogP contribution in [0, 0.1) is 0 Å². The van der Waals surface area contributed by atoms with Crippen molar-refractivity contribution in [3.8, 4) is 11.5 Å². The molecule has 0 amide bonds. The van der Waals surface area contributed by atoms with Crippen molar-refractivity contribution >= 4 is 6.21 Å². The maximum absolute atomic E-state index is 10.0. The number of aromatic hydroxyl groups is 1. The molecule has 1 fully saturated rings. The van der Waals surface area contributed by atoms with Crippen molar-refractivity contribution in [3.63, 3.8) is 0 Å². The van der Waals surface area contributed by atoms with Gasteiger partial charge in [-0.1, -0.05) is 6.07 Å². The summed E-state index contributed by atoms with van der Waals surface area (Å²) in [5, 5.41) is 16.5. The van der Waals surface area contributed by atoms with Crippen LogP contribution in [0.5, 0.6) is 11.5 Å². The summed E-state index contributed by atoms with van der Waals surface area (Å²) in [7, 11) is 2.11. The summed E-state index contributed by atoms with van der Waals surface area (Å²) in [5.41, 5.74) is 0.685. The van der Waals surface area contributed by atoms with Gasteiger partial charge in [-0.05, 0) is 26.1 Å². The van der Waals surface area contributed by atoms with Crippen LogP contribution in [-0.4, -0.2) is 61.1 Å². The third-order valence-corrected chi connectivity index (χ3v) is 3.17. The van der Waals surface area contributed by atoms with E-state index in [0.717, 1.165) is 26.2 Å². The van der Waals surface area contributed by atoms with E-state index in [0.29, 0.717) is 17.9 Å². The van der Waals surface area contributed by atoms with E-state index >= 15 is 0 Å². The highest BCUT2D eigenvalue weighted by Crippen LogP contribution is 2.28. The van der Waals surface area contributed by atoms with Crippen molar-refractivity contribution in [2.75, 3.05) is 39.8 Å². The maximum Gasteiger partial charge on any atom is 0.166 e. The molecule has 104 valence electrons. The highest BCUT2D eigenvalue weighted by atomic mass is 16.5. The van der Waals surface area contributed by atoms with Crippen LogP contribution in [0.4, 0.5) is 0 Å². The molecule has 1 aromatic carbocycles. The van der Waals surface area contributed by atoms with Crippen molar-refractivity contribution < 1.29 is 9.84 Å². The standard InChI is InChI=1S/C14H21N3O2/c1-3-19-13-6-4-5-12(14(13)18)11-15-17-9-7-16(2)8-10-17/h4-6,11,18H,3,7-10H2,1-2H3/b15-11+. The average molecular weight is 263 g/mol. The van der Waals surface area contributed by atoms with Gasteiger partial charge in [-0.15, -0.1) is 0 Å². The fourth-order valence-corrected chi connectivity index (χ4v) is 1.97. The van der Waals surface area contributed by atoms with Gasteiger partial charge in [0.2, 0.25) is 0 Å². The molecule has 1 aromatic rings. The number of hydrogen-bond donors (Lipinski definition) is 1. The third kappa shape index (κ3) is 3.61. The van der Waals surface area contributed by atoms with Gasteiger partial charge in [0.25, 0.3) is 0 Å². The van der Waals surface area contributed by atoms with E-state index in [2.05, 4.69) is 17.0 Å². The molecule has 1 heterocycles. The summed E-state index contributed by atoms with van der Waals surface area (Å²) >= 11 is 0. The number of piperazine rings is 1. The monoisotopic (exact) mass is 263 g/mol. The molecule has 19 heavy (non-hydrogen) atoms. The second-order valence-corrected chi connectivity index (χ2v) is 4.63. The highest BCUT2D eigenvalue weighted by Gasteiger charge is 2.11. The summed E-state index contributed by atoms with van der Waals surface area (Å²) in [6.45, 7) is 6.29. The molecule has 0 unspecified atom stereocenters. The van der Waals surface area contributed by atoms with Gasteiger partial charge >= 0.3 is 0 Å². The molecule has 1 N–H and O–H groups in total. The molecular weight excluding hydrogens is 242 g/mol. The molecule has 0 spiro atoms. The lowest BCUT2D eigenvalue weighted by molar-refractivity contribution is 0.159. The van der Waals surface area contributed by atoms with E-state index in [9.17, 15) is 5.11 Å². The number of likely N-dealkylation sites (N-methyl/N-ethyl adjacent to an activating group) is 1. The number of phenolic OH excluding ortho intramolecular Hbond substituents is 1. The minimum Gasteiger partial charge on any atom is -0.504 e. The molecule has 2 rings (SSSR count).